The lowest BCUT2D eigenvalue weighted by Gasteiger charge is -2.42. The Morgan fingerprint density at radius 2 is 1.66 bits per heavy atom. The van der Waals surface area contributed by atoms with E-state index in [-0.39, 0.29) is 23.7 Å². The van der Waals surface area contributed by atoms with E-state index < -0.39 is 41.7 Å². The Morgan fingerprint density at radius 1 is 0.971 bits per heavy atom. The summed E-state index contributed by atoms with van der Waals surface area (Å²) in [7, 11) is 0. The number of fused-ring (bicyclic) bond motifs is 2. The van der Waals surface area contributed by atoms with Crippen LogP contribution in [0.4, 0.5) is 26.3 Å². The van der Waals surface area contributed by atoms with Gasteiger partial charge in [-0.1, -0.05) is 30.3 Å². The van der Waals surface area contributed by atoms with E-state index in [9.17, 15) is 26.3 Å². The fourth-order valence-electron chi connectivity index (χ4n) is 5.27. The Morgan fingerprint density at radius 3 is 2.26 bits per heavy atom. The van der Waals surface area contributed by atoms with Crippen LogP contribution in [0.1, 0.15) is 47.6 Å². The van der Waals surface area contributed by atoms with Gasteiger partial charge in [-0.05, 0) is 59.0 Å². The summed E-state index contributed by atoms with van der Waals surface area (Å²) in [6, 6.07) is 11.0. The average molecular weight is 497 g/mol. The van der Waals surface area contributed by atoms with Crippen LogP contribution in [0.2, 0.25) is 0 Å². The number of nitrogens with zero attached hydrogens (tertiary/aromatic N) is 4. The Kier molecular flexibility index (Phi) is 5.83. The summed E-state index contributed by atoms with van der Waals surface area (Å²) in [5, 5.41) is 15.1. The van der Waals surface area contributed by atoms with E-state index in [1.807, 2.05) is 30.3 Å². The highest BCUT2D eigenvalue weighted by atomic mass is 19.4. The van der Waals surface area contributed by atoms with Gasteiger partial charge >= 0.3 is 12.4 Å². The monoisotopic (exact) mass is 497 g/mol. The lowest BCUT2D eigenvalue weighted by Crippen LogP contribution is -2.54. The summed E-state index contributed by atoms with van der Waals surface area (Å²) in [4.78, 5) is 0. The van der Waals surface area contributed by atoms with Gasteiger partial charge in [0.2, 0.25) is 0 Å². The third-order valence-electron chi connectivity index (χ3n) is 6.82. The van der Waals surface area contributed by atoms with Crippen molar-refractivity contribution in [2.24, 2.45) is 0 Å². The van der Waals surface area contributed by atoms with E-state index in [0.717, 1.165) is 5.56 Å². The van der Waals surface area contributed by atoms with Crippen LogP contribution < -0.4 is 5.32 Å². The average Bonchev–Trinajstić information content (AvgIpc) is 3.45. The maximum Gasteiger partial charge on any atom is 0.416 e. The molecule has 2 saturated heterocycles. The molecule has 0 spiro atoms. The van der Waals surface area contributed by atoms with Crippen LogP contribution >= 0.6 is 0 Å². The standard InChI is InChI=1S/C23H21F6N5O/c24-22(25,26)16-8-14(9-17(10-16)23(27,28)29)12-35-20-7-6-18-19(34-13-30-32-33-34)11-21(20,31-18)15-4-2-1-3-5-15/h1-5,8-10,13,18-20,31H,6-7,11-12H2. The number of ether oxygens (including phenoxy) is 1. The first-order chi connectivity index (χ1) is 16.6. The SMILES string of the molecule is FC(F)(F)c1cc(COC2CCC3NC2(c2ccccc2)CC3n2cnnn2)cc(C(F)(F)F)c1. The van der Waals surface area contributed by atoms with Gasteiger partial charge in [-0.25, -0.2) is 4.68 Å². The van der Waals surface area contributed by atoms with Crippen LogP contribution in [0, 0.1) is 0 Å². The summed E-state index contributed by atoms with van der Waals surface area (Å²) >= 11 is 0. The predicted molar refractivity (Wildman–Crippen MR) is 111 cm³/mol. The molecule has 2 fully saturated rings. The summed E-state index contributed by atoms with van der Waals surface area (Å²) in [6.07, 6.45) is -6.99. The van der Waals surface area contributed by atoms with Crippen molar-refractivity contribution >= 4 is 0 Å². The second-order valence-corrected chi connectivity index (χ2v) is 8.94. The number of alkyl halides is 6. The first-order valence-electron chi connectivity index (χ1n) is 11.0. The zero-order valence-corrected chi connectivity index (χ0v) is 18.2. The third kappa shape index (κ3) is 4.52. The van der Waals surface area contributed by atoms with Crippen LogP contribution in [0.25, 0.3) is 0 Å². The second kappa shape index (κ2) is 8.59. The highest BCUT2D eigenvalue weighted by Crippen LogP contribution is 2.49. The second-order valence-electron chi connectivity index (χ2n) is 8.94. The minimum Gasteiger partial charge on any atom is -0.371 e. The molecule has 2 aliphatic heterocycles. The summed E-state index contributed by atoms with van der Waals surface area (Å²) < 4.78 is 87.4. The van der Waals surface area contributed by atoms with Gasteiger partial charge in [0.15, 0.2) is 0 Å². The lowest BCUT2D eigenvalue weighted by atomic mass is 9.80. The molecular formula is C23H21F6N5O. The summed E-state index contributed by atoms with van der Waals surface area (Å²) in [6.45, 7) is -0.395. The van der Waals surface area contributed by atoms with E-state index in [4.69, 9.17) is 4.74 Å². The number of piperidine rings is 1. The van der Waals surface area contributed by atoms with Crippen molar-refractivity contribution in [3.05, 3.63) is 77.1 Å². The molecule has 0 saturated carbocycles. The molecule has 6 nitrogen and oxygen atoms in total. The molecule has 0 aliphatic carbocycles. The van der Waals surface area contributed by atoms with Gasteiger partial charge in [-0.3, -0.25) is 0 Å². The number of rotatable bonds is 5. The molecule has 2 aromatic carbocycles. The molecule has 12 heteroatoms. The molecule has 2 aliphatic rings. The van der Waals surface area contributed by atoms with Crippen LogP contribution in [0.15, 0.2) is 54.9 Å². The third-order valence-corrected chi connectivity index (χ3v) is 6.82. The number of hydrogen-bond donors (Lipinski definition) is 1. The van der Waals surface area contributed by atoms with Crippen molar-refractivity contribution in [2.75, 3.05) is 0 Å². The topological polar surface area (TPSA) is 64.9 Å². The van der Waals surface area contributed by atoms with Gasteiger partial charge in [0.25, 0.3) is 0 Å². The zero-order valence-electron chi connectivity index (χ0n) is 18.2. The number of halogens is 6. The first-order valence-corrected chi connectivity index (χ1v) is 11.0. The predicted octanol–water partition coefficient (Wildman–Crippen LogP) is 4.89. The number of tetrazole rings is 1. The van der Waals surface area contributed by atoms with E-state index in [1.54, 1.807) is 4.68 Å². The zero-order chi connectivity index (χ0) is 24.8. The maximum atomic E-state index is 13.3. The highest BCUT2D eigenvalue weighted by Gasteiger charge is 2.55. The number of hydrogen-bond acceptors (Lipinski definition) is 5. The Hall–Kier alpha value is -2.99. The quantitative estimate of drug-likeness (QED) is 0.509. The fourth-order valence-corrected chi connectivity index (χ4v) is 5.27. The van der Waals surface area contributed by atoms with Gasteiger partial charge in [0, 0.05) is 6.04 Å². The summed E-state index contributed by atoms with van der Waals surface area (Å²) in [5.74, 6) is 0. The molecule has 5 rings (SSSR count). The number of aromatic nitrogens is 4. The van der Waals surface area contributed by atoms with Crippen molar-refractivity contribution in [3.8, 4) is 0 Å². The highest BCUT2D eigenvalue weighted by molar-refractivity contribution is 5.34. The molecule has 35 heavy (non-hydrogen) atoms. The molecule has 1 aromatic heterocycles. The van der Waals surface area contributed by atoms with Crippen molar-refractivity contribution in [1.29, 1.82) is 0 Å². The van der Waals surface area contributed by atoms with E-state index in [2.05, 4.69) is 20.8 Å². The van der Waals surface area contributed by atoms with Gasteiger partial charge in [-0.2, -0.15) is 26.3 Å². The van der Waals surface area contributed by atoms with E-state index in [1.165, 1.54) is 6.33 Å². The summed E-state index contributed by atoms with van der Waals surface area (Å²) in [5.41, 5.74) is -2.68. The Labute approximate surface area is 196 Å². The molecule has 3 heterocycles. The van der Waals surface area contributed by atoms with Crippen LogP contribution in [0.5, 0.6) is 0 Å². The van der Waals surface area contributed by atoms with Crippen molar-refractivity contribution in [1.82, 2.24) is 25.5 Å². The fraction of sp³-hybridized carbons (Fsp3) is 0.435. The molecule has 4 atom stereocenters. The van der Waals surface area contributed by atoms with Gasteiger partial charge < -0.3 is 10.1 Å². The van der Waals surface area contributed by atoms with Gasteiger partial charge in [0.05, 0.1) is 35.4 Å². The molecule has 0 amide bonds. The maximum absolute atomic E-state index is 13.3. The van der Waals surface area contributed by atoms with Crippen molar-refractivity contribution in [3.63, 3.8) is 0 Å². The van der Waals surface area contributed by atoms with Crippen LogP contribution in [-0.2, 0) is 29.2 Å². The van der Waals surface area contributed by atoms with Gasteiger partial charge in [0.1, 0.15) is 6.33 Å². The Balaban J connectivity index is 1.45. The normalized spacial score (nSPS) is 26.7. The minimum absolute atomic E-state index is 0.0314. The van der Waals surface area contributed by atoms with E-state index >= 15 is 0 Å². The molecule has 2 bridgehead atoms. The minimum atomic E-state index is -4.91. The van der Waals surface area contributed by atoms with Gasteiger partial charge in [-0.15, -0.1) is 5.10 Å². The van der Waals surface area contributed by atoms with Crippen LogP contribution in [0.3, 0.4) is 0 Å². The largest absolute Gasteiger partial charge is 0.416 e. The number of nitrogens with one attached hydrogen (secondary N) is 1. The van der Waals surface area contributed by atoms with Crippen LogP contribution in [-0.4, -0.2) is 32.4 Å². The molecule has 1 N–H and O–H groups in total. The molecule has 186 valence electrons. The molecule has 0 radical (unpaired) electrons. The van der Waals surface area contributed by atoms with Crippen molar-refractivity contribution < 1.29 is 31.1 Å². The molecular weight excluding hydrogens is 476 g/mol. The van der Waals surface area contributed by atoms with E-state index in [0.29, 0.717) is 31.4 Å². The number of benzene rings is 2. The molecule has 4 unspecified atom stereocenters. The first kappa shape index (κ1) is 23.7. The lowest BCUT2D eigenvalue weighted by molar-refractivity contribution is -0.143. The molecule has 3 aromatic rings. The Bertz CT molecular complexity index is 1140. The smallest absolute Gasteiger partial charge is 0.371 e. The van der Waals surface area contributed by atoms with Crippen molar-refractivity contribution in [2.45, 2.75) is 61.9 Å².